The highest BCUT2D eigenvalue weighted by atomic mass is 19.4. The highest BCUT2D eigenvalue weighted by molar-refractivity contribution is 5.91. The van der Waals surface area contributed by atoms with Crippen molar-refractivity contribution in [1.82, 2.24) is 9.88 Å². The van der Waals surface area contributed by atoms with Gasteiger partial charge in [-0.3, -0.25) is 0 Å². The molecule has 2 amide bonds. The van der Waals surface area contributed by atoms with Crippen LogP contribution in [0.5, 0.6) is 0 Å². The zero-order valence-corrected chi connectivity index (χ0v) is 22.6. The molecule has 2 aromatic rings. The van der Waals surface area contributed by atoms with Gasteiger partial charge in [-0.05, 0) is 60.2 Å². The van der Waals surface area contributed by atoms with Crippen LogP contribution in [0.4, 0.5) is 44.1 Å². The Kier molecular flexibility index (Phi) is 7.82. The number of aromatic nitrogens is 1. The van der Waals surface area contributed by atoms with Gasteiger partial charge in [0.2, 0.25) is 0 Å². The number of urea groups is 1. The van der Waals surface area contributed by atoms with Crippen molar-refractivity contribution >= 4 is 23.4 Å². The Labute approximate surface area is 230 Å². The molecule has 0 bridgehead atoms. The van der Waals surface area contributed by atoms with E-state index in [1.807, 2.05) is 19.1 Å². The normalized spacial score (nSPS) is 23.1. The van der Waals surface area contributed by atoms with Crippen LogP contribution in [0.2, 0.25) is 0 Å². The molecule has 3 saturated heterocycles. The molecular formula is C28H34F5N5O2. The second-order valence-electron chi connectivity index (χ2n) is 11.1. The van der Waals surface area contributed by atoms with Crippen LogP contribution in [-0.4, -0.2) is 80.5 Å². The summed E-state index contributed by atoms with van der Waals surface area (Å²) in [5, 5.41) is 2.82. The molecule has 3 aliphatic rings. The third kappa shape index (κ3) is 6.42. The number of likely N-dealkylation sites (tertiary alicyclic amines) is 1. The maximum Gasteiger partial charge on any atom is 0.389 e. The number of amides is 2. The average molecular weight is 568 g/mol. The number of hydrogen-bond donors (Lipinski definition) is 1. The van der Waals surface area contributed by atoms with Crippen LogP contribution in [-0.2, 0) is 4.74 Å². The molecule has 0 unspecified atom stereocenters. The van der Waals surface area contributed by atoms with Gasteiger partial charge in [0, 0.05) is 50.7 Å². The van der Waals surface area contributed by atoms with Crippen molar-refractivity contribution in [3.8, 4) is 11.1 Å². The molecule has 7 nitrogen and oxygen atoms in total. The summed E-state index contributed by atoms with van der Waals surface area (Å²) in [5.74, 6) is -3.09. The predicted octanol–water partition coefficient (Wildman–Crippen LogP) is 5.79. The first-order valence-electron chi connectivity index (χ1n) is 13.6. The molecule has 0 saturated carbocycles. The van der Waals surface area contributed by atoms with Crippen LogP contribution in [0.25, 0.3) is 11.1 Å². The first-order chi connectivity index (χ1) is 18.9. The van der Waals surface area contributed by atoms with Gasteiger partial charge in [-0.15, -0.1) is 0 Å². The third-order valence-electron chi connectivity index (χ3n) is 7.97. The molecule has 0 radical (unpaired) electrons. The van der Waals surface area contributed by atoms with Gasteiger partial charge in [0.1, 0.15) is 11.6 Å². The van der Waals surface area contributed by atoms with Gasteiger partial charge >= 0.3 is 12.2 Å². The van der Waals surface area contributed by atoms with Crippen LogP contribution in [0.15, 0.2) is 30.3 Å². The monoisotopic (exact) mass is 567 g/mol. The highest BCUT2D eigenvalue weighted by Crippen LogP contribution is 2.38. The molecule has 0 aliphatic carbocycles. The van der Waals surface area contributed by atoms with Crippen LogP contribution in [0, 0.1) is 18.8 Å². The smallest absolute Gasteiger partial charge is 0.378 e. The molecule has 5 rings (SSSR count). The number of pyridine rings is 1. The Hall–Kier alpha value is -3.15. The number of halogens is 5. The van der Waals surface area contributed by atoms with Crippen molar-refractivity contribution in [2.24, 2.45) is 11.8 Å². The number of morpholine rings is 1. The average Bonchev–Trinajstić information content (AvgIpc) is 3.47. The van der Waals surface area contributed by atoms with Gasteiger partial charge in [-0.1, -0.05) is 13.0 Å². The van der Waals surface area contributed by atoms with Crippen molar-refractivity contribution in [2.75, 3.05) is 67.6 Å². The summed E-state index contributed by atoms with van der Waals surface area (Å²) >= 11 is 0. The molecule has 1 aromatic carbocycles. The molecule has 1 aromatic heterocycles. The molecule has 2 atom stereocenters. The number of hydrogen-bond acceptors (Lipinski definition) is 5. The fraction of sp³-hybridized carbons (Fsp3) is 0.571. The zero-order valence-electron chi connectivity index (χ0n) is 22.6. The topological polar surface area (TPSA) is 60.9 Å². The Morgan fingerprint density at radius 1 is 1.07 bits per heavy atom. The number of nitrogens with one attached hydrogen (secondary N) is 1. The Balaban J connectivity index is 1.40. The lowest BCUT2D eigenvalue weighted by atomic mass is 10.00. The molecule has 1 N–H and O–H groups in total. The van der Waals surface area contributed by atoms with Gasteiger partial charge < -0.3 is 24.8 Å². The van der Waals surface area contributed by atoms with E-state index in [1.54, 1.807) is 23.1 Å². The number of ether oxygens (including phenoxy) is 1. The van der Waals surface area contributed by atoms with Crippen LogP contribution in [0.3, 0.4) is 0 Å². The fourth-order valence-electron chi connectivity index (χ4n) is 5.61. The quantitative estimate of drug-likeness (QED) is 0.464. The van der Waals surface area contributed by atoms with Crippen molar-refractivity contribution in [1.29, 1.82) is 0 Å². The summed E-state index contributed by atoms with van der Waals surface area (Å²) < 4.78 is 72.7. The maximum atomic E-state index is 14.4. The number of nitrogens with zero attached hydrogens (tertiary/aromatic N) is 4. The summed E-state index contributed by atoms with van der Waals surface area (Å²) in [6.45, 7) is 5.89. The summed E-state index contributed by atoms with van der Waals surface area (Å²) in [6, 6.07) is 8.67. The SMILES string of the molecule is Cc1ccc(NC(=O)N2CC[C@@H](CC(F)(F)F)C2)cc1-c1cc(N2CCOCC2)nc(N2C[C@H](C)C(F)(F)C2)c1. The largest absolute Gasteiger partial charge is 0.389 e. The van der Waals surface area contributed by atoms with Gasteiger partial charge in [0.15, 0.2) is 0 Å². The number of alkyl halides is 5. The van der Waals surface area contributed by atoms with E-state index in [1.165, 1.54) is 11.8 Å². The van der Waals surface area contributed by atoms with Crippen LogP contribution >= 0.6 is 0 Å². The van der Waals surface area contributed by atoms with E-state index in [-0.39, 0.29) is 19.6 Å². The molecular weight excluding hydrogens is 533 g/mol. The summed E-state index contributed by atoms with van der Waals surface area (Å²) in [6.07, 6.45) is -4.84. The van der Waals surface area contributed by atoms with Gasteiger partial charge in [0.25, 0.3) is 5.92 Å². The van der Waals surface area contributed by atoms with Crippen LogP contribution in [0.1, 0.15) is 25.3 Å². The number of rotatable bonds is 5. The summed E-state index contributed by atoms with van der Waals surface area (Å²) in [5.41, 5.74) is 2.98. The zero-order chi connectivity index (χ0) is 28.7. The Bertz CT molecular complexity index is 1230. The molecule has 40 heavy (non-hydrogen) atoms. The van der Waals surface area contributed by atoms with E-state index in [4.69, 9.17) is 9.72 Å². The molecule has 4 heterocycles. The lowest BCUT2D eigenvalue weighted by Gasteiger charge is -2.29. The third-order valence-corrected chi connectivity index (χ3v) is 7.97. The van der Waals surface area contributed by atoms with E-state index in [9.17, 15) is 26.7 Å². The van der Waals surface area contributed by atoms with E-state index in [0.29, 0.717) is 50.0 Å². The van der Waals surface area contributed by atoms with Crippen LogP contribution < -0.4 is 15.1 Å². The minimum atomic E-state index is -4.25. The molecule has 3 fully saturated rings. The maximum absolute atomic E-state index is 14.4. The van der Waals surface area contributed by atoms with E-state index < -0.39 is 42.9 Å². The first-order valence-corrected chi connectivity index (χ1v) is 13.6. The standard InChI is InChI=1S/C28H34F5N5O2/c1-18-3-4-22(34-26(39)37-6-5-20(16-37)14-28(31,32)33)13-23(18)21-11-24(36-7-9-40-10-8-36)35-25(12-21)38-15-19(2)27(29,30)17-38/h3-4,11-13,19-20H,5-10,14-17H2,1-2H3,(H,34,39)/t19-,20-/m0/s1. The van der Waals surface area contributed by atoms with Gasteiger partial charge in [-0.2, -0.15) is 13.2 Å². The minimum Gasteiger partial charge on any atom is -0.378 e. The number of anilines is 3. The number of carbonyl (C=O) groups excluding carboxylic acids is 1. The van der Waals surface area contributed by atoms with Crippen molar-refractivity contribution in [3.05, 3.63) is 35.9 Å². The van der Waals surface area contributed by atoms with Gasteiger partial charge in [0.05, 0.1) is 19.8 Å². The fourth-order valence-corrected chi connectivity index (χ4v) is 5.61. The summed E-state index contributed by atoms with van der Waals surface area (Å²) in [7, 11) is 0. The Morgan fingerprint density at radius 2 is 1.77 bits per heavy atom. The molecule has 218 valence electrons. The lowest BCUT2D eigenvalue weighted by molar-refractivity contribution is -0.143. The molecule has 0 spiro atoms. The Morgan fingerprint density at radius 3 is 2.42 bits per heavy atom. The number of carbonyl (C=O) groups is 1. The molecule has 3 aliphatic heterocycles. The number of aryl methyl sites for hydroxylation is 1. The molecule has 12 heteroatoms. The minimum absolute atomic E-state index is 0.0551. The highest BCUT2D eigenvalue weighted by Gasteiger charge is 2.46. The van der Waals surface area contributed by atoms with Crippen molar-refractivity contribution in [2.45, 2.75) is 38.8 Å². The van der Waals surface area contributed by atoms with E-state index in [2.05, 4.69) is 10.2 Å². The second kappa shape index (κ2) is 11.0. The van der Waals surface area contributed by atoms with E-state index >= 15 is 0 Å². The first kappa shape index (κ1) is 28.4. The lowest BCUT2D eigenvalue weighted by Crippen LogP contribution is -2.37. The number of benzene rings is 1. The predicted molar refractivity (Wildman–Crippen MR) is 143 cm³/mol. The van der Waals surface area contributed by atoms with Crippen molar-refractivity contribution < 1.29 is 31.5 Å². The second-order valence-corrected chi connectivity index (χ2v) is 11.1. The van der Waals surface area contributed by atoms with E-state index in [0.717, 1.165) is 16.7 Å². The summed E-state index contributed by atoms with van der Waals surface area (Å²) in [4.78, 5) is 22.7. The van der Waals surface area contributed by atoms with Crippen molar-refractivity contribution in [3.63, 3.8) is 0 Å². The van der Waals surface area contributed by atoms with Gasteiger partial charge in [-0.25, -0.2) is 18.6 Å².